The van der Waals surface area contributed by atoms with Gasteiger partial charge in [0.1, 0.15) is 5.82 Å². The second kappa shape index (κ2) is 7.76. The van der Waals surface area contributed by atoms with E-state index in [-0.39, 0.29) is 30.8 Å². The number of aliphatic hydroxyl groups excluding tert-OH is 1. The number of halogens is 2. The zero-order valence-electron chi connectivity index (χ0n) is 10.4. The Morgan fingerprint density at radius 3 is 2.89 bits per heavy atom. The molecule has 0 aromatic heterocycles. The Morgan fingerprint density at radius 1 is 1.58 bits per heavy atom. The highest BCUT2D eigenvalue weighted by atomic mass is 35.5. The molecule has 0 atom stereocenters. The van der Waals surface area contributed by atoms with Crippen LogP contribution in [0.1, 0.15) is 5.56 Å². The molecule has 1 aromatic carbocycles. The maximum absolute atomic E-state index is 13.0. The molecule has 0 saturated carbocycles. The maximum atomic E-state index is 13.0. The lowest BCUT2D eigenvalue weighted by Gasteiger charge is -2.20. The number of hydrogen-bond acceptors (Lipinski definition) is 2. The predicted molar refractivity (Wildman–Crippen MR) is 72.5 cm³/mol. The topological polar surface area (TPSA) is 52.6 Å². The molecule has 2 N–H and O–H groups in total. The number of urea groups is 1. The highest BCUT2D eigenvalue weighted by Gasteiger charge is 2.11. The van der Waals surface area contributed by atoms with Gasteiger partial charge in [0.15, 0.2) is 0 Å². The molecule has 0 bridgehead atoms. The van der Waals surface area contributed by atoms with Crippen LogP contribution in [0.25, 0.3) is 0 Å². The average Bonchev–Trinajstić information content (AvgIpc) is 2.39. The standard InChI is InChI=1S/C13H16ClFN2O2/c1-2-5-17(6-7-18)13(19)16-9-10-3-4-12(15)11(14)8-10/h2-4,8,18H,1,5-7,9H2,(H,16,19). The van der Waals surface area contributed by atoms with E-state index in [2.05, 4.69) is 11.9 Å². The van der Waals surface area contributed by atoms with Gasteiger partial charge in [0.2, 0.25) is 0 Å². The third-order valence-electron chi connectivity index (χ3n) is 2.43. The summed E-state index contributed by atoms with van der Waals surface area (Å²) in [4.78, 5) is 13.2. The van der Waals surface area contributed by atoms with Gasteiger partial charge in [-0.15, -0.1) is 6.58 Å². The van der Waals surface area contributed by atoms with E-state index in [1.807, 2.05) is 0 Å². The molecule has 0 unspecified atom stereocenters. The number of carbonyl (C=O) groups excluding carboxylic acids is 1. The largest absolute Gasteiger partial charge is 0.395 e. The molecule has 104 valence electrons. The van der Waals surface area contributed by atoms with Gasteiger partial charge in [0.25, 0.3) is 0 Å². The first-order chi connectivity index (χ1) is 9.08. The summed E-state index contributed by atoms with van der Waals surface area (Å²) in [5.74, 6) is -0.495. The second-order valence-corrected chi connectivity index (χ2v) is 4.27. The van der Waals surface area contributed by atoms with Crippen LogP contribution in [-0.4, -0.2) is 35.7 Å². The van der Waals surface area contributed by atoms with Crippen molar-refractivity contribution >= 4 is 17.6 Å². The van der Waals surface area contributed by atoms with Crippen LogP contribution in [0.15, 0.2) is 30.9 Å². The Hall–Kier alpha value is -1.59. The predicted octanol–water partition coefficient (Wildman–Crippen LogP) is 2.17. The number of amides is 2. The van der Waals surface area contributed by atoms with E-state index in [1.165, 1.54) is 17.0 Å². The molecule has 0 aliphatic rings. The van der Waals surface area contributed by atoms with Gasteiger partial charge in [-0.25, -0.2) is 9.18 Å². The lowest BCUT2D eigenvalue weighted by molar-refractivity contribution is 0.183. The Balaban J connectivity index is 2.56. The number of nitrogens with one attached hydrogen (secondary N) is 1. The minimum absolute atomic E-state index is 0.0186. The monoisotopic (exact) mass is 286 g/mol. The minimum Gasteiger partial charge on any atom is -0.395 e. The molecule has 0 fully saturated rings. The van der Waals surface area contributed by atoms with E-state index >= 15 is 0 Å². The maximum Gasteiger partial charge on any atom is 0.318 e. The Kier molecular flexibility index (Phi) is 6.32. The smallest absolute Gasteiger partial charge is 0.318 e. The zero-order chi connectivity index (χ0) is 14.3. The SMILES string of the molecule is C=CCN(CCO)C(=O)NCc1ccc(F)c(Cl)c1. The molecule has 6 heteroatoms. The molecule has 0 radical (unpaired) electrons. The molecule has 1 rings (SSSR count). The fraction of sp³-hybridized carbons (Fsp3) is 0.308. The van der Waals surface area contributed by atoms with Gasteiger partial charge >= 0.3 is 6.03 Å². The van der Waals surface area contributed by atoms with E-state index in [0.717, 1.165) is 0 Å². The van der Waals surface area contributed by atoms with Crippen molar-refractivity contribution in [3.8, 4) is 0 Å². The minimum atomic E-state index is -0.495. The van der Waals surface area contributed by atoms with E-state index in [1.54, 1.807) is 12.1 Å². The van der Waals surface area contributed by atoms with Crippen molar-refractivity contribution in [2.75, 3.05) is 19.7 Å². The van der Waals surface area contributed by atoms with Crippen LogP contribution in [0.5, 0.6) is 0 Å². The van der Waals surface area contributed by atoms with Crippen molar-refractivity contribution in [2.45, 2.75) is 6.54 Å². The van der Waals surface area contributed by atoms with Crippen LogP contribution >= 0.6 is 11.6 Å². The molecular weight excluding hydrogens is 271 g/mol. The summed E-state index contributed by atoms with van der Waals surface area (Å²) in [5.41, 5.74) is 0.697. The molecule has 19 heavy (non-hydrogen) atoms. The molecule has 0 saturated heterocycles. The molecule has 0 aliphatic carbocycles. The van der Waals surface area contributed by atoms with Crippen molar-refractivity contribution in [3.05, 3.63) is 47.3 Å². The van der Waals surface area contributed by atoms with Crippen LogP contribution in [0, 0.1) is 5.82 Å². The molecule has 1 aromatic rings. The Labute approximate surface area is 116 Å². The van der Waals surface area contributed by atoms with Crippen molar-refractivity contribution < 1.29 is 14.3 Å². The van der Waals surface area contributed by atoms with Gasteiger partial charge in [-0.05, 0) is 17.7 Å². The highest BCUT2D eigenvalue weighted by molar-refractivity contribution is 6.30. The average molecular weight is 287 g/mol. The fourth-order valence-corrected chi connectivity index (χ4v) is 1.69. The first-order valence-electron chi connectivity index (χ1n) is 5.77. The van der Waals surface area contributed by atoms with Gasteiger partial charge in [0, 0.05) is 19.6 Å². The van der Waals surface area contributed by atoms with Crippen molar-refractivity contribution in [2.24, 2.45) is 0 Å². The molecule has 0 aliphatic heterocycles. The van der Waals surface area contributed by atoms with E-state index in [0.29, 0.717) is 12.1 Å². The number of carbonyl (C=O) groups is 1. The number of aliphatic hydroxyl groups is 1. The van der Waals surface area contributed by atoms with E-state index in [4.69, 9.17) is 16.7 Å². The quantitative estimate of drug-likeness (QED) is 0.788. The summed E-state index contributed by atoms with van der Waals surface area (Å²) in [5, 5.41) is 11.5. The van der Waals surface area contributed by atoms with Crippen LogP contribution in [-0.2, 0) is 6.54 Å². The van der Waals surface area contributed by atoms with Crippen molar-refractivity contribution in [1.29, 1.82) is 0 Å². The van der Waals surface area contributed by atoms with Crippen molar-refractivity contribution in [3.63, 3.8) is 0 Å². The number of rotatable bonds is 6. The van der Waals surface area contributed by atoms with Gasteiger partial charge < -0.3 is 15.3 Å². The lowest BCUT2D eigenvalue weighted by Crippen LogP contribution is -2.41. The van der Waals surface area contributed by atoms with E-state index < -0.39 is 5.82 Å². The van der Waals surface area contributed by atoms with Crippen molar-refractivity contribution in [1.82, 2.24) is 10.2 Å². The van der Waals surface area contributed by atoms with Crippen LogP contribution < -0.4 is 5.32 Å². The summed E-state index contributed by atoms with van der Waals surface area (Å²) in [6, 6.07) is 3.93. The van der Waals surface area contributed by atoms with Gasteiger partial charge in [-0.3, -0.25) is 0 Å². The Morgan fingerprint density at radius 2 is 2.32 bits per heavy atom. The zero-order valence-corrected chi connectivity index (χ0v) is 11.2. The molecule has 0 heterocycles. The Bertz CT molecular complexity index is 454. The normalized spacial score (nSPS) is 10.1. The lowest BCUT2D eigenvalue weighted by atomic mass is 10.2. The molecular formula is C13H16ClFN2O2. The number of nitrogens with zero attached hydrogens (tertiary/aromatic N) is 1. The summed E-state index contributed by atoms with van der Waals surface area (Å²) in [6.45, 7) is 4.22. The first-order valence-corrected chi connectivity index (χ1v) is 6.14. The third kappa shape index (κ3) is 4.89. The summed E-state index contributed by atoms with van der Waals surface area (Å²) >= 11 is 5.65. The highest BCUT2D eigenvalue weighted by Crippen LogP contribution is 2.15. The third-order valence-corrected chi connectivity index (χ3v) is 2.72. The second-order valence-electron chi connectivity index (χ2n) is 3.87. The molecule has 2 amide bonds. The fourth-order valence-electron chi connectivity index (χ4n) is 1.49. The first kappa shape index (κ1) is 15.5. The van der Waals surface area contributed by atoms with Gasteiger partial charge in [-0.1, -0.05) is 23.7 Å². The van der Waals surface area contributed by atoms with Gasteiger partial charge in [0.05, 0.1) is 11.6 Å². The van der Waals surface area contributed by atoms with Crippen LogP contribution in [0.2, 0.25) is 5.02 Å². The summed E-state index contributed by atoms with van der Waals surface area (Å²) < 4.78 is 13.0. The molecule has 0 spiro atoms. The van der Waals surface area contributed by atoms with Crippen LogP contribution in [0.3, 0.4) is 0 Å². The molecule has 4 nitrogen and oxygen atoms in total. The van der Waals surface area contributed by atoms with Gasteiger partial charge in [-0.2, -0.15) is 0 Å². The van der Waals surface area contributed by atoms with Crippen LogP contribution in [0.4, 0.5) is 9.18 Å². The number of benzene rings is 1. The summed E-state index contributed by atoms with van der Waals surface area (Å²) in [7, 11) is 0. The van der Waals surface area contributed by atoms with E-state index in [9.17, 15) is 9.18 Å². The summed E-state index contributed by atoms with van der Waals surface area (Å²) in [6.07, 6.45) is 1.57. The number of hydrogen-bond donors (Lipinski definition) is 2.